The fourth-order valence-corrected chi connectivity index (χ4v) is 4.55. The molecule has 2 heteroatoms. The lowest BCUT2D eigenvalue weighted by Gasteiger charge is -2.34. The van der Waals surface area contributed by atoms with Crippen LogP contribution in [0.25, 0.3) is 0 Å². The van der Waals surface area contributed by atoms with Gasteiger partial charge in [0.25, 0.3) is 0 Å². The molecule has 0 saturated heterocycles. The van der Waals surface area contributed by atoms with Crippen LogP contribution in [-0.4, -0.2) is 9.55 Å². The second-order valence-corrected chi connectivity index (χ2v) is 7.06. The summed E-state index contributed by atoms with van der Waals surface area (Å²) < 4.78 is 2.60. The summed E-state index contributed by atoms with van der Waals surface area (Å²) in [5, 5.41) is 0. The molecule has 1 aromatic heterocycles. The molecule has 1 atom stereocenters. The highest BCUT2D eigenvalue weighted by molar-refractivity contribution is 5.24. The van der Waals surface area contributed by atoms with Crippen LogP contribution in [0.4, 0.5) is 0 Å². The van der Waals surface area contributed by atoms with Crippen LogP contribution in [0.5, 0.6) is 0 Å². The first-order valence-corrected chi connectivity index (χ1v) is 7.83. The maximum atomic E-state index is 4.94. The Balaban J connectivity index is 1.72. The Morgan fingerprint density at radius 3 is 2.83 bits per heavy atom. The number of hydrogen-bond donors (Lipinski definition) is 0. The molecule has 0 radical (unpaired) electrons. The standard InChI is InChI=1S/C16H24N2/c1-12-4-5-15-17-13-6-9-16(7-2-3-8-16)10-14(13)18(15)11-12/h12H,2-11H2,1H3. The predicted molar refractivity (Wildman–Crippen MR) is 72.6 cm³/mol. The first-order chi connectivity index (χ1) is 8.76. The van der Waals surface area contributed by atoms with Crippen molar-refractivity contribution in [3.63, 3.8) is 0 Å². The highest BCUT2D eigenvalue weighted by Gasteiger charge is 2.39. The molecule has 2 nitrogen and oxygen atoms in total. The van der Waals surface area contributed by atoms with Gasteiger partial charge in [-0.1, -0.05) is 19.8 Å². The Hall–Kier alpha value is -0.790. The topological polar surface area (TPSA) is 17.8 Å². The van der Waals surface area contributed by atoms with E-state index in [1.165, 1.54) is 75.9 Å². The van der Waals surface area contributed by atoms with E-state index in [0.29, 0.717) is 5.41 Å². The molecule has 0 N–H and O–H groups in total. The van der Waals surface area contributed by atoms with E-state index < -0.39 is 0 Å². The van der Waals surface area contributed by atoms with E-state index in [1.807, 2.05) is 0 Å². The monoisotopic (exact) mass is 244 g/mol. The number of fused-ring (bicyclic) bond motifs is 3. The van der Waals surface area contributed by atoms with Crippen molar-refractivity contribution < 1.29 is 0 Å². The number of hydrogen-bond acceptors (Lipinski definition) is 1. The molecule has 3 aliphatic rings. The van der Waals surface area contributed by atoms with Crippen LogP contribution in [0, 0.1) is 11.3 Å². The highest BCUT2D eigenvalue weighted by atomic mass is 15.1. The Kier molecular flexibility index (Phi) is 2.37. The summed E-state index contributed by atoms with van der Waals surface area (Å²) >= 11 is 0. The van der Waals surface area contributed by atoms with Gasteiger partial charge in [-0.2, -0.15) is 0 Å². The minimum absolute atomic E-state index is 0.671. The molecule has 2 aliphatic carbocycles. The minimum Gasteiger partial charge on any atom is -0.331 e. The summed E-state index contributed by atoms with van der Waals surface area (Å²) in [6.07, 6.45) is 12.4. The molecular weight excluding hydrogens is 220 g/mol. The third kappa shape index (κ3) is 1.57. The van der Waals surface area contributed by atoms with Crippen LogP contribution in [0.15, 0.2) is 0 Å². The van der Waals surface area contributed by atoms with Gasteiger partial charge in [-0.3, -0.25) is 0 Å². The minimum atomic E-state index is 0.671. The van der Waals surface area contributed by atoms with Gasteiger partial charge in [0.2, 0.25) is 0 Å². The first-order valence-electron chi connectivity index (χ1n) is 7.83. The lowest BCUT2D eigenvalue weighted by atomic mass is 9.73. The third-order valence-electron chi connectivity index (χ3n) is 5.69. The zero-order valence-corrected chi connectivity index (χ0v) is 11.5. The van der Waals surface area contributed by atoms with Crippen molar-refractivity contribution in [2.45, 2.75) is 71.3 Å². The fourth-order valence-electron chi connectivity index (χ4n) is 4.55. The van der Waals surface area contributed by atoms with E-state index in [4.69, 9.17) is 4.98 Å². The molecule has 1 spiro atoms. The van der Waals surface area contributed by atoms with Crippen LogP contribution in [-0.2, 0) is 25.8 Å². The summed E-state index contributed by atoms with van der Waals surface area (Å²) in [7, 11) is 0. The number of nitrogens with zero attached hydrogens (tertiary/aromatic N) is 2. The van der Waals surface area contributed by atoms with Crippen LogP contribution in [0.2, 0.25) is 0 Å². The van der Waals surface area contributed by atoms with Gasteiger partial charge in [0.05, 0.1) is 5.69 Å². The first kappa shape index (κ1) is 11.1. The SMILES string of the molecule is CC1CCc2nc3c(n2C1)CC1(CCCC1)CC3. The van der Waals surface area contributed by atoms with Gasteiger partial charge in [0, 0.05) is 18.7 Å². The average Bonchev–Trinajstić information content (AvgIpc) is 2.95. The molecule has 1 saturated carbocycles. The molecule has 1 fully saturated rings. The van der Waals surface area contributed by atoms with Crippen molar-refractivity contribution in [1.29, 1.82) is 0 Å². The number of rotatable bonds is 0. The number of imidazole rings is 1. The van der Waals surface area contributed by atoms with Crippen molar-refractivity contribution in [3.8, 4) is 0 Å². The van der Waals surface area contributed by atoms with E-state index in [9.17, 15) is 0 Å². The van der Waals surface area contributed by atoms with Crippen LogP contribution in [0.1, 0.15) is 62.7 Å². The van der Waals surface area contributed by atoms with E-state index in [0.717, 1.165) is 5.92 Å². The Labute approximate surface area is 110 Å². The van der Waals surface area contributed by atoms with Gasteiger partial charge >= 0.3 is 0 Å². The van der Waals surface area contributed by atoms with E-state index in [2.05, 4.69) is 11.5 Å². The molecule has 0 aromatic carbocycles. The van der Waals surface area contributed by atoms with Crippen LogP contribution >= 0.6 is 0 Å². The van der Waals surface area contributed by atoms with Crippen molar-refractivity contribution in [2.75, 3.05) is 0 Å². The molecule has 2 heterocycles. The van der Waals surface area contributed by atoms with Gasteiger partial charge < -0.3 is 4.57 Å². The summed E-state index contributed by atoms with van der Waals surface area (Å²) in [6.45, 7) is 3.62. The summed E-state index contributed by atoms with van der Waals surface area (Å²) in [6, 6.07) is 0. The molecule has 4 rings (SSSR count). The zero-order valence-electron chi connectivity index (χ0n) is 11.5. The normalized spacial score (nSPS) is 29.3. The van der Waals surface area contributed by atoms with Crippen LogP contribution < -0.4 is 0 Å². The molecule has 0 bridgehead atoms. The second kappa shape index (κ2) is 3.85. The molecule has 18 heavy (non-hydrogen) atoms. The van der Waals surface area contributed by atoms with Gasteiger partial charge in [0.15, 0.2) is 0 Å². The molecule has 1 aromatic rings. The molecule has 1 aliphatic heterocycles. The summed E-state index contributed by atoms with van der Waals surface area (Å²) in [5.74, 6) is 2.24. The average molecular weight is 244 g/mol. The largest absolute Gasteiger partial charge is 0.331 e. The quantitative estimate of drug-likeness (QED) is 0.683. The Bertz CT molecular complexity index is 466. The molecule has 98 valence electrons. The van der Waals surface area contributed by atoms with Gasteiger partial charge in [0.1, 0.15) is 5.82 Å². The van der Waals surface area contributed by atoms with Gasteiger partial charge in [-0.15, -0.1) is 0 Å². The number of aryl methyl sites for hydroxylation is 2. The van der Waals surface area contributed by atoms with Gasteiger partial charge in [-0.05, 0) is 49.9 Å². The summed E-state index contributed by atoms with van der Waals surface area (Å²) in [5.41, 5.74) is 3.76. The Morgan fingerprint density at radius 1 is 1.17 bits per heavy atom. The maximum Gasteiger partial charge on any atom is 0.109 e. The van der Waals surface area contributed by atoms with Gasteiger partial charge in [-0.25, -0.2) is 4.98 Å². The lowest BCUT2D eigenvalue weighted by molar-refractivity contribution is 0.243. The molecule has 1 unspecified atom stereocenters. The van der Waals surface area contributed by atoms with Crippen molar-refractivity contribution in [3.05, 3.63) is 17.2 Å². The number of aromatic nitrogens is 2. The van der Waals surface area contributed by atoms with E-state index >= 15 is 0 Å². The lowest BCUT2D eigenvalue weighted by Crippen LogP contribution is -2.28. The van der Waals surface area contributed by atoms with Crippen molar-refractivity contribution >= 4 is 0 Å². The van der Waals surface area contributed by atoms with Crippen molar-refractivity contribution in [1.82, 2.24) is 9.55 Å². The van der Waals surface area contributed by atoms with Crippen LogP contribution in [0.3, 0.4) is 0 Å². The second-order valence-electron chi connectivity index (χ2n) is 7.06. The van der Waals surface area contributed by atoms with E-state index in [1.54, 1.807) is 5.69 Å². The smallest absolute Gasteiger partial charge is 0.109 e. The Morgan fingerprint density at radius 2 is 2.00 bits per heavy atom. The molecule has 0 amide bonds. The molecular formula is C16H24N2. The summed E-state index contributed by atoms with van der Waals surface area (Å²) in [4.78, 5) is 4.94. The zero-order chi connectivity index (χ0) is 12.2. The fraction of sp³-hybridized carbons (Fsp3) is 0.812. The van der Waals surface area contributed by atoms with Crippen molar-refractivity contribution in [2.24, 2.45) is 11.3 Å². The third-order valence-corrected chi connectivity index (χ3v) is 5.69. The maximum absolute atomic E-state index is 4.94. The predicted octanol–water partition coefficient (Wildman–Crippen LogP) is 3.51. The highest BCUT2D eigenvalue weighted by Crippen LogP contribution is 2.48. The van der Waals surface area contributed by atoms with E-state index in [-0.39, 0.29) is 0 Å².